The fraction of sp³-hybridized carbons (Fsp3) is 0.818. The summed E-state index contributed by atoms with van der Waals surface area (Å²) in [6.45, 7) is 5.51. The summed E-state index contributed by atoms with van der Waals surface area (Å²) in [4.78, 5) is 22.3. The van der Waals surface area contributed by atoms with E-state index < -0.39 is 5.60 Å². The van der Waals surface area contributed by atoms with Crippen LogP contribution in [-0.2, 0) is 9.53 Å². The van der Waals surface area contributed by atoms with Crippen LogP contribution in [0.1, 0.15) is 40.0 Å². The van der Waals surface area contributed by atoms with Crippen LogP contribution >= 0.6 is 0 Å². The number of carbonyl (C=O) groups excluding carboxylic acids is 2. The van der Waals surface area contributed by atoms with Crippen LogP contribution < -0.4 is 5.32 Å². The molecule has 1 atom stereocenters. The third-order valence-electron chi connectivity index (χ3n) is 2.98. The van der Waals surface area contributed by atoms with E-state index in [0.29, 0.717) is 18.6 Å². The van der Waals surface area contributed by atoms with E-state index in [4.69, 9.17) is 4.74 Å². The van der Waals surface area contributed by atoms with E-state index >= 15 is 0 Å². The Morgan fingerprint density at radius 2 is 2.07 bits per heavy atom. The monoisotopic (exact) mass is 211 g/mol. The first-order chi connectivity index (χ1) is 6.81. The Morgan fingerprint density at radius 1 is 1.47 bits per heavy atom. The van der Waals surface area contributed by atoms with Gasteiger partial charge in [0, 0.05) is 24.3 Å². The van der Waals surface area contributed by atoms with E-state index in [-0.39, 0.29) is 17.6 Å². The summed E-state index contributed by atoms with van der Waals surface area (Å²) >= 11 is 0. The lowest BCUT2D eigenvalue weighted by molar-refractivity contribution is -0.128. The van der Waals surface area contributed by atoms with Gasteiger partial charge in [0.15, 0.2) is 0 Å². The second-order valence-electron chi connectivity index (χ2n) is 5.66. The number of ether oxygens (including phenoxy) is 1. The zero-order valence-corrected chi connectivity index (χ0v) is 9.42. The minimum atomic E-state index is -0.457. The molecule has 0 heterocycles. The highest BCUT2D eigenvalue weighted by Gasteiger charge is 2.62. The molecular weight excluding hydrogens is 194 g/mol. The van der Waals surface area contributed by atoms with Gasteiger partial charge in [0.2, 0.25) is 0 Å². The minimum Gasteiger partial charge on any atom is -0.444 e. The average molecular weight is 211 g/mol. The molecule has 2 rings (SSSR count). The quantitative estimate of drug-likeness (QED) is 0.717. The van der Waals surface area contributed by atoms with Gasteiger partial charge in [-0.05, 0) is 27.2 Å². The Hall–Kier alpha value is -1.06. The zero-order chi connectivity index (χ0) is 11.3. The fourth-order valence-electron chi connectivity index (χ4n) is 2.13. The SMILES string of the molecule is CC(C)(C)OC(=O)NC1CC12CC(=O)C2. The molecule has 4 heteroatoms. The summed E-state index contributed by atoms with van der Waals surface area (Å²) < 4.78 is 5.14. The first-order valence-electron chi connectivity index (χ1n) is 5.32. The van der Waals surface area contributed by atoms with Crippen molar-refractivity contribution in [3.8, 4) is 0 Å². The first-order valence-corrected chi connectivity index (χ1v) is 5.32. The molecule has 4 nitrogen and oxygen atoms in total. The highest BCUT2D eigenvalue weighted by atomic mass is 16.6. The number of rotatable bonds is 1. The molecular formula is C11H17NO3. The maximum absolute atomic E-state index is 11.4. The van der Waals surface area contributed by atoms with Gasteiger partial charge in [0.1, 0.15) is 11.4 Å². The van der Waals surface area contributed by atoms with Crippen LogP contribution in [0.3, 0.4) is 0 Å². The number of ketones is 1. The largest absolute Gasteiger partial charge is 0.444 e. The van der Waals surface area contributed by atoms with Gasteiger partial charge in [0.25, 0.3) is 0 Å². The smallest absolute Gasteiger partial charge is 0.407 e. The average Bonchev–Trinajstić information content (AvgIpc) is 2.57. The fourth-order valence-corrected chi connectivity index (χ4v) is 2.13. The predicted molar refractivity (Wildman–Crippen MR) is 54.4 cm³/mol. The molecule has 0 aromatic rings. The van der Waals surface area contributed by atoms with E-state index in [1.807, 2.05) is 20.8 Å². The highest BCUT2D eigenvalue weighted by molar-refractivity contribution is 5.88. The number of Topliss-reactive ketones (excluding diaryl/α,β-unsaturated/α-hetero) is 1. The Bertz CT molecular complexity index is 308. The van der Waals surface area contributed by atoms with Gasteiger partial charge in [-0.1, -0.05) is 0 Å². The molecule has 0 aromatic heterocycles. The molecule has 2 fully saturated rings. The van der Waals surface area contributed by atoms with Crippen molar-refractivity contribution in [1.29, 1.82) is 0 Å². The number of amides is 1. The van der Waals surface area contributed by atoms with Crippen LogP contribution in [0, 0.1) is 5.41 Å². The topological polar surface area (TPSA) is 55.4 Å². The molecule has 1 N–H and O–H groups in total. The lowest BCUT2D eigenvalue weighted by atomic mass is 9.80. The van der Waals surface area contributed by atoms with Crippen molar-refractivity contribution >= 4 is 11.9 Å². The van der Waals surface area contributed by atoms with Gasteiger partial charge in [-0.2, -0.15) is 0 Å². The standard InChI is InChI=1S/C11H17NO3/c1-10(2,3)15-9(14)12-8-6-11(8)4-7(13)5-11/h8H,4-6H2,1-3H3,(H,12,14). The molecule has 2 saturated carbocycles. The lowest BCUT2D eigenvalue weighted by Crippen LogP contribution is -2.39. The van der Waals surface area contributed by atoms with Crippen molar-refractivity contribution in [1.82, 2.24) is 5.32 Å². The number of nitrogens with one attached hydrogen (secondary N) is 1. The summed E-state index contributed by atoms with van der Waals surface area (Å²) in [6.07, 6.45) is 1.82. The van der Waals surface area contributed by atoms with E-state index in [1.54, 1.807) is 0 Å². The van der Waals surface area contributed by atoms with E-state index in [0.717, 1.165) is 6.42 Å². The van der Waals surface area contributed by atoms with E-state index in [2.05, 4.69) is 5.32 Å². The summed E-state index contributed by atoms with van der Waals surface area (Å²) in [5, 5.41) is 2.81. The van der Waals surface area contributed by atoms with Crippen molar-refractivity contribution in [2.24, 2.45) is 5.41 Å². The molecule has 2 aliphatic rings. The third kappa shape index (κ3) is 2.13. The van der Waals surface area contributed by atoms with Gasteiger partial charge >= 0.3 is 6.09 Å². The van der Waals surface area contributed by atoms with Crippen LogP contribution in [0.2, 0.25) is 0 Å². The first kappa shape index (κ1) is 10.5. The molecule has 15 heavy (non-hydrogen) atoms. The molecule has 1 spiro atoms. The summed E-state index contributed by atoms with van der Waals surface area (Å²) in [5.74, 6) is 0.309. The third-order valence-corrected chi connectivity index (χ3v) is 2.98. The lowest BCUT2D eigenvalue weighted by Gasteiger charge is -2.26. The van der Waals surface area contributed by atoms with Crippen LogP contribution in [-0.4, -0.2) is 23.5 Å². The number of hydrogen-bond donors (Lipinski definition) is 1. The number of alkyl carbamates (subject to hydrolysis) is 1. The number of carbonyl (C=O) groups is 2. The van der Waals surface area contributed by atoms with Crippen LogP contribution in [0.5, 0.6) is 0 Å². The molecule has 1 unspecified atom stereocenters. The van der Waals surface area contributed by atoms with Crippen molar-refractivity contribution < 1.29 is 14.3 Å². The summed E-state index contributed by atoms with van der Waals surface area (Å²) in [6, 6.07) is 0.157. The van der Waals surface area contributed by atoms with Gasteiger partial charge in [-0.25, -0.2) is 4.79 Å². The molecule has 0 aliphatic heterocycles. The van der Waals surface area contributed by atoms with E-state index in [9.17, 15) is 9.59 Å². The van der Waals surface area contributed by atoms with Crippen LogP contribution in [0.15, 0.2) is 0 Å². The van der Waals surface area contributed by atoms with Crippen LogP contribution in [0.4, 0.5) is 4.79 Å². The minimum absolute atomic E-state index is 0.105. The van der Waals surface area contributed by atoms with Crippen molar-refractivity contribution in [2.75, 3.05) is 0 Å². The Balaban J connectivity index is 1.76. The molecule has 0 bridgehead atoms. The van der Waals surface area contributed by atoms with Gasteiger partial charge in [-0.15, -0.1) is 0 Å². The number of hydrogen-bond acceptors (Lipinski definition) is 3. The second-order valence-corrected chi connectivity index (χ2v) is 5.66. The van der Waals surface area contributed by atoms with E-state index in [1.165, 1.54) is 0 Å². The molecule has 0 saturated heterocycles. The van der Waals surface area contributed by atoms with Crippen molar-refractivity contribution in [2.45, 2.75) is 51.7 Å². The maximum atomic E-state index is 11.4. The van der Waals surface area contributed by atoms with Crippen molar-refractivity contribution in [3.63, 3.8) is 0 Å². The molecule has 0 radical (unpaired) electrons. The zero-order valence-electron chi connectivity index (χ0n) is 9.42. The maximum Gasteiger partial charge on any atom is 0.407 e. The summed E-state index contributed by atoms with van der Waals surface area (Å²) in [7, 11) is 0. The van der Waals surface area contributed by atoms with Crippen LogP contribution in [0.25, 0.3) is 0 Å². The Labute approximate surface area is 89.4 Å². The van der Waals surface area contributed by atoms with Crippen molar-refractivity contribution in [3.05, 3.63) is 0 Å². The predicted octanol–water partition coefficient (Wildman–Crippen LogP) is 1.63. The Morgan fingerprint density at radius 3 is 2.53 bits per heavy atom. The normalized spacial score (nSPS) is 27.1. The van der Waals surface area contributed by atoms with Gasteiger partial charge < -0.3 is 10.1 Å². The molecule has 0 aromatic carbocycles. The Kier molecular flexibility index (Phi) is 2.07. The highest BCUT2D eigenvalue weighted by Crippen LogP contribution is 2.58. The molecule has 1 amide bonds. The molecule has 2 aliphatic carbocycles. The summed E-state index contributed by atoms with van der Waals surface area (Å²) in [5.41, 5.74) is -0.352. The van der Waals surface area contributed by atoms with Gasteiger partial charge in [0.05, 0.1) is 0 Å². The molecule has 84 valence electrons. The second kappa shape index (κ2) is 2.97. The van der Waals surface area contributed by atoms with Gasteiger partial charge in [-0.3, -0.25) is 4.79 Å².